The molecule has 23 heteroatoms. The fourth-order valence-corrected chi connectivity index (χ4v) is 8.42. The number of fused-ring (bicyclic) bond motifs is 2. The third-order valence-electron chi connectivity index (χ3n) is 12.0. The molecule has 0 aliphatic carbocycles. The first kappa shape index (κ1) is 55.2. The van der Waals surface area contributed by atoms with Gasteiger partial charge >= 0.3 is 30.9 Å². The van der Waals surface area contributed by atoms with Gasteiger partial charge in [0.05, 0.1) is 19.8 Å². The Bertz CT molecular complexity index is 2270. The highest BCUT2D eigenvalue weighted by Crippen LogP contribution is 2.40. The van der Waals surface area contributed by atoms with Crippen LogP contribution in [0.4, 0.5) is 13.4 Å². The number of H-pyrrole nitrogens is 1. The number of rotatable bonds is 33. The van der Waals surface area contributed by atoms with Gasteiger partial charge in [-0.1, -0.05) is 37.1 Å². The fraction of sp³-hybridized carbons (Fsp3) is 0.500. The lowest BCUT2D eigenvalue weighted by atomic mass is 9.85. The van der Waals surface area contributed by atoms with Crippen LogP contribution in [0.1, 0.15) is 94.7 Å². The highest BCUT2D eigenvalue weighted by molar-refractivity contribution is 6.56. The number of amides is 4. The maximum atomic E-state index is 16.2. The zero-order valence-corrected chi connectivity index (χ0v) is 39.5. The molecule has 0 bridgehead atoms. The van der Waals surface area contributed by atoms with Crippen LogP contribution >= 0.6 is 0 Å². The largest absolute Gasteiger partial charge is 0.704 e. The number of unbranched alkanes of at least 4 members (excludes halogenated alkanes) is 4. The molecule has 2 aromatic rings. The van der Waals surface area contributed by atoms with Gasteiger partial charge in [-0.3, -0.25) is 19.2 Å². The molecule has 8 N–H and O–H groups in total. The zero-order chi connectivity index (χ0) is 51.2. The first-order valence-electron chi connectivity index (χ1n) is 24.0. The lowest BCUT2D eigenvalue weighted by Gasteiger charge is -2.41. The van der Waals surface area contributed by atoms with Gasteiger partial charge in [-0.05, 0) is 87.3 Å². The molecule has 20 nitrogen and oxygen atoms in total. The summed E-state index contributed by atoms with van der Waals surface area (Å²) in [5.74, 6) is -4.05. The first-order chi connectivity index (χ1) is 34.1. The van der Waals surface area contributed by atoms with Crippen LogP contribution in [0.25, 0.3) is 6.08 Å². The summed E-state index contributed by atoms with van der Waals surface area (Å²) in [5.41, 5.74) is 2.48. The van der Waals surface area contributed by atoms with Gasteiger partial charge in [0, 0.05) is 62.8 Å². The van der Waals surface area contributed by atoms with E-state index in [1.165, 1.54) is 9.30 Å². The molecule has 71 heavy (non-hydrogen) atoms. The van der Waals surface area contributed by atoms with Gasteiger partial charge in [-0.2, -0.15) is 0 Å². The minimum atomic E-state index is -4.03. The molecule has 0 spiro atoms. The second kappa shape index (κ2) is 28.2. The number of ketones is 1. The van der Waals surface area contributed by atoms with Crippen LogP contribution in [0, 0.1) is 0 Å². The van der Waals surface area contributed by atoms with Crippen LogP contribution < -0.4 is 26.0 Å². The Morgan fingerprint density at radius 2 is 1.48 bits per heavy atom. The van der Waals surface area contributed by atoms with Crippen LogP contribution in [0.3, 0.4) is 0 Å². The van der Waals surface area contributed by atoms with Crippen LogP contribution in [-0.2, 0) is 38.2 Å². The average Bonchev–Trinajstić information content (AvgIpc) is 4.12. The number of hydrogen-bond donors (Lipinski definition) is 8. The van der Waals surface area contributed by atoms with E-state index in [4.69, 9.17) is 24.4 Å². The Morgan fingerprint density at radius 3 is 2.18 bits per heavy atom. The minimum absolute atomic E-state index is 0.00591. The molecule has 4 amide bonds. The number of ether oxygens (including phenoxy) is 3. The smallest absolute Gasteiger partial charge is 0.486 e. The van der Waals surface area contributed by atoms with E-state index in [-0.39, 0.29) is 70.2 Å². The number of urea groups is 1. The number of carboxylic acid groups (broad SMARTS) is 3. The summed E-state index contributed by atoms with van der Waals surface area (Å²) >= 11 is 0. The minimum Gasteiger partial charge on any atom is -0.486 e. The van der Waals surface area contributed by atoms with E-state index >= 15 is 8.63 Å². The number of carboxylic acids is 3. The summed E-state index contributed by atoms with van der Waals surface area (Å²) in [7, 11) is 0. The maximum absolute atomic E-state index is 16.2. The molecular weight excluding hydrogens is 931 g/mol. The number of nitrogens with zero attached hydrogens (tertiary/aromatic N) is 2. The van der Waals surface area contributed by atoms with Crippen molar-refractivity contribution >= 4 is 60.3 Å². The van der Waals surface area contributed by atoms with Gasteiger partial charge in [0.25, 0.3) is 0 Å². The number of carbonyl (C=O) groups is 7. The van der Waals surface area contributed by atoms with Gasteiger partial charge in [-0.15, -0.1) is 0 Å². The van der Waals surface area contributed by atoms with Crippen molar-refractivity contribution in [2.75, 3.05) is 46.1 Å². The topological polar surface area (TPSA) is 278 Å². The number of aromatic amines is 1. The number of allylic oxidation sites excluding steroid dienone is 2. The van der Waals surface area contributed by atoms with Crippen LogP contribution in [0.2, 0.25) is 0 Å². The van der Waals surface area contributed by atoms with Crippen molar-refractivity contribution in [3.63, 3.8) is 0 Å². The van der Waals surface area contributed by atoms with E-state index in [1.807, 2.05) is 30.4 Å². The molecule has 3 aliphatic heterocycles. The zero-order valence-electron chi connectivity index (χ0n) is 39.5. The van der Waals surface area contributed by atoms with E-state index in [0.717, 1.165) is 18.4 Å². The van der Waals surface area contributed by atoms with E-state index < -0.39 is 61.4 Å². The maximum Gasteiger partial charge on any atom is 0.704 e. The number of Topliss-reactive ketones (excluding diaryl/α,β-unsaturated/α-hetero) is 1. The molecule has 4 heterocycles. The van der Waals surface area contributed by atoms with E-state index in [0.29, 0.717) is 80.8 Å². The third kappa shape index (κ3) is 17.9. The highest BCUT2D eigenvalue weighted by Gasteiger charge is 2.59. The first-order valence-corrected chi connectivity index (χ1v) is 24.0. The van der Waals surface area contributed by atoms with E-state index in [9.17, 15) is 38.7 Å². The van der Waals surface area contributed by atoms with Crippen LogP contribution in [0.5, 0.6) is 5.75 Å². The Kier molecular flexibility index (Phi) is 21.9. The molecule has 1 aromatic heterocycles. The van der Waals surface area contributed by atoms with Gasteiger partial charge in [0.2, 0.25) is 11.8 Å². The van der Waals surface area contributed by atoms with E-state index in [1.54, 1.807) is 42.6 Å². The fourth-order valence-electron chi connectivity index (χ4n) is 8.42. The number of nitrogens with one attached hydrogen (secondary N) is 5. The molecule has 1 aromatic carbocycles. The van der Waals surface area contributed by atoms with Gasteiger partial charge in [0.15, 0.2) is 17.2 Å². The molecule has 4 atom stereocenters. The highest BCUT2D eigenvalue weighted by atomic mass is 19.2. The Labute approximate surface area is 410 Å². The summed E-state index contributed by atoms with van der Waals surface area (Å²) in [4.78, 5) is 86.7. The number of halogens is 2. The molecule has 3 aliphatic rings. The monoisotopic (exact) mass is 995 g/mol. The molecule has 2 unspecified atom stereocenters. The van der Waals surface area contributed by atoms with Crippen molar-refractivity contribution < 1.29 is 76.2 Å². The predicted molar refractivity (Wildman–Crippen MR) is 256 cm³/mol. The van der Waals surface area contributed by atoms with Crippen LogP contribution in [-0.4, -0.2) is 154 Å². The van der Waals surface area contributed by atoms with Gasteiger partial charge in [0.1, 0.15) is 36.7 Å². The van der Waals surface area contributed by atoms with Crippen molar-refractivity contribution in [2.24, 2.45) is 0 Å². The van der Waals surface area contributed by atoms with Crippen molar-refractivity contribution in [3.8, 4) is 5.75 Å². The number of benzene rings is 1. The molecule has 386 valence electrons. The van der Waals surface area contributed by atoms with Crippen molar-refractivity contribution in [3.05, 3.63) is 83.9 Å². The lowest BCUT2D eigenvalue weighted by molar-refractivity contribution is -0.377. The van der Waals surface area contributed by atoms with Gasteiger partial charge < -0.3 is 73.7 Å². The van der Waals surface area contributed by atoms with Crippen LogP contribution in [0.15, 0.2) is 72.6 Å². The Morgan fingerprint density at radius 1 is 0.775 bits per heavy atom. The number of aromatic nitrogens is 1. The summed E-state index contributed by atoms with van der Waals surface area (Å²) in [5, 5.41) is 36.9. The summed E-state index contributed by atoms with van der Waals surface area (Å²) < 4.78 is 49.9. The normalized spacial score (nSPS) is 17.7. The third-order valence-corrected chi connectivity index (χ3v) is 12.0. The summed E-state index contributed by atoms with van der Waals surface area (Å²) in [6.45, 7) is -3.22. The SMILES string of the molecule is O=C(O)CC[C@H](NC(=O)N[C@@H](CCCCNC(=O)COCCOCCNC(=O)CCCCCCC(=O)COc1ccc(/C=C\C2CCC3C=C4C=CC(c5ccc[nH]5)=[N+]4[B-](F)(F)N32)cc1)C(=O)O)C(=O)O. The molecule has 0 radical (unpaired) electrons. The van der Waals surface area contributed by atoms with Crippen molar-refractivity contribution in [1.29, 1.82) is 0 Å². The second-order valence-corrected chi connectivity index (χ2v) is 17.4. The molecule has 1 saturated heterocycles. The Hall–Kier alpha value is -6.72. The second-order valence-electron chi connectivity index (χ2n) is 17.4. The number of hydrogen-bond acceptors (Lipinski definition) is 11. The van der Waals surface area contributed by atoms with Crippen molar-refractivity contribution in [2.45, 2.75) is 108 Å². The molecular formula is C48H64BF2N7O13. The summed E-state index contributed by atoms with van der Waals surface area (Å²) in [6, 6.07) is 6.10. The Balaban J connectivity index is 0.820. The lowest BCUT2D eigenvalue weighted by Crippen LogP contribution is -2.62. The van der Waals surface area contributed by atoms with Gasteiger partial charge in [-0.25, -0.2) is 14.4 Å². The van der Waals surface area contributed by atoms with Crippen molar-refractivity contribution in [1.82, 2.24) is 31.1 Å². The number of aliphatic carboxylic acids is 3. The van der Waals surface area contributed by atoms with E-state index in [2.05, 4.69) is 26.3 Å². The molecule has 5 rings (SSSR count). The molecule has 1 fully saturated rings. The number of carbonyl (C=O) groups excluding carboxylic acids is 4. The summed E-state index contributed by atoms with van der Waals surface area (Å²) in [6.07, 6.45) is 15.6. The predicted octanol–water partition coefficient (Wildman–Crippen LogP) is 4.00. The molecule has 0 saturated carbocycles. The average molecular weight is 996 g/mol. The standard InChI is InChI=1S/C48H64BF2N7O13/c50-49(51)57-34(16-17-35(57)30-36-18-22-42(58(36)49)39-10-7-25-52-39)15-12-33-13-19-38(20-14-33)71-31-37(59)8-3-1-2-4-11-43(60)54-26-27-69-28-29-70-32-44(61)53-24-6-5-9-40(46(64)65)55-48(68)56-41(47(66)67)21-23-45(62)63/h7,10,12-15,18-20,22,25,30,34-35,40-41,52H,1-6,8-9,11,16-17,21,23-24,26-29,31-32H2,(H,53,61)(H,54,60)(H,62,63)(H,64,65)(H,66,67)(H2,55,56,68)/b15-12-/t34?,35?,40-,41-/m0/s1. The quantitative estimate of drug-likeness (QED) is 0.0371.